The highest BCUT2D eigenvalue weighted by Crippen LogP contribution is 2.41. The fraction of sp³-hybridized carbons (Fsp3) is 0.333. The Morgan fingerprint density at radius 2 is 1.85 bits per heavy atom. The van der Waals surface area contributed by atoms with Crippen LogP contribution in [0.2, 0.25) is 0 Å². The van der Waals surface area contributed by atoms with Crippen LogP contribution in [0.5, 0.6) is 23.0 Å². The second-order valence-electron chi connectivity index (χ2n) is 7.80. The lowest BCUT2D eigenvalue weighted by molar-refractivity contribution is -0.140. The van der Waals surface area contributed by atoms with Crippen molar-refractivity contribution in [2.75, 3.05) is 27.9 Å². The quantitative estimate of drug-likeness (QED) is 0.447. The molecule has 3 aromatic rings. The predicted molar refractivity (Wildman–Crippen MR) is 120 cm³/mol. The van der Waals surface area contributed by atoms with E-state index in [1.165, 1.54) is 21.3 Å². The predicted octanol–water partition coefficient (Wildman–Crippen LogP) is 2.65. The van der Waals surface area contributed by atoms with Gasteiger partial charge in [0.15, 0.2) is 11.5 Å². The van der Waals surface area contributed by atoms with Crippen LogP contribution < -0.4 is 19.8 Å². The van der Waals surface area contributed by atoms with Gasteiger partial charge in [0.1, 0.15) is 5.75 Å². The third kappa shape index (κ3) is 4.39. The lowest BCUT2D eigenvalue weighted by atomic mass is 9.86. The van der Waals surface area contributed by atoms with Crippen LogP contribution in [0, 0.1) is 0 Å². The SMILES string of the molecule is COC(=O)CC(c1cc(OC)c(O)c(OC)c1)c1c(Cc2ccc3c(c2)CCO3)[nH][nH]c1=O. The second kappa shape index (κ2) is 9.32. The maximum Gasteiger partial charge on any atom is 0.306 e. The lowest BCUT2D eigenvalue weighted by Crippen LogP contribution is -2.18. The van der Waals surface area contributed by atoms with Gasteiger partial charge < -0.3 is 29.2 Å². The van der Waals surface area contributed by atoms with Gasteiger partial charge in [0.25, 0.3) is 5.56 Å². The summed E-state index contributed by atoms with van der Waals surface area (Å²) in [6.07, 6.45) is 1.21. The number of esters is 1. The average molecular weight is 454 g/mol. The van der Waals surface area contributed by atoms with E-state index in [9.17, 15) is 14.7 Å². The minimum Gasteiger partial charge on any atom is -0.502 e. The van der Waals surface area contributed by atoms with E-state index in [4.69, 9.17) is 18.9 Å². The Labute approximate surface area is 190 Å². The minimum atomic E-state index is -0.663. The number of carbonyl (C=O) groups excluding carboxylic acids is 1. The molecule has 0 bridgehead atoms. The summed E-state index contributed by atoms with van der Waals surface area (Å²) in [5.41, 5.74) is 3.43. The summed E-state index contributed by atoms with van der Waals surface area (Å²) >= 11 is 0. The molecule has 1 unspecified atom stereocenters. The van der Waals surface area contributed by atoms with E-state index in [-0.39, 0.29) is 29.2 Å². The number of carbonyl (C=O) groups is 1. The maximum atomic E-state index is 12.9. The number of benzene rings is 2. The molecule has 0 fully saturated rings. The molecule has 2 aromatic carbocycles. The average Bonchev–Trinajstić information content (AvgIpc) is 3.43. The summed E-state index contributed by atoms with van der Waals surface area (Å²) in [7, 11) is 4.13. The molecule has 9 nitrogen and oxygen atoms in total. The van der Waals surface area contributed by atoms with Crippen molar-refractivity contribution in [3.05, 3.63) is 68.6 Å². The van der Waals surface area contributed by atoms with Crippen molar-refractivity contribution in [2.45, 2.75) is 25.2 Å². The van der Waals surface area contributed by atoms with Crippen LogP contribution in [-0.4, -0.2) is 49.2 Å². The van der Waals surface area contributed by atoms with E-state index in [1.807, 2.05) is 12.1 Å². The first kappa shape index (κ1) is 22.3. The summed E-state index contributed by atoms with van der Waals surface area (Å²) in [5.74, 6) is -0.0777. The van der Waals surface area contributed by atoms with Crippen LogP contribution in [0.3, 0.4) is 0 Å². The molecule has 1 aliphatic heterocycles. The van der Waals surface area contributed by atoms with Gasteiger partial charge in [0, 0.05) is 30.0 Å². The summed E-state index contributed by atoms with van der Waals surface area (Å²) in [6.45, 7) is 0.663. The largest absolute Gasteiger partial charge is 0.502 e. The molecule has 2 heterocycles. The monoisotopic (exact) mass is 454 g/mol. The molecule has 0 amide bonds. The molecule has 0 spiro atoms. The molecule has 1 aliphatic rings. The number of methoxy groups -OCH3 is 3. The number of nitrogens with one attached hydrogen (secondary N) is 2. The molecule has 1 atom stereocenters. The Kier molecular flexibility index (Phi) is 6.30. The Morgan fingerprint density at radius 3 is 2.52 bits per heavy atom. The highest BCUT2D eigenvalue weighted by atomic mass is 16.5. The Morgan fingerprint density at radius 1 is 1.12 bits per heavy atom. The molecule has 4 rings (SSSR count). The number of ether oxygens (including phenoxy) is 4. The zero-order valence-electron chi connectivity index (χ0n) is 18.7. The molecular formula is C24H26N2O7. The van der Waals surface area contributed by atoms with Crippen LogP contribution in [0.1, 0.15) is 40.3 Å². The number of fused-ring (bicyclic) bond motifs is 1. The van der Waals surface area contributed by atoms with E-state index in [1.54, 1.807) is 12.1 Å². The Bertz CT molecular complexity index is 1200. The van der Waals surface area contributed by atoms with Gasteiger partial charge in [0.05, 0.1) is 34.4 Å². The van der Waals surface area contributed by atoms with Crippen molar-refractivity contribution in [3.63, 3.8) is 0 Å². The van der Waals surface area contributed by atoms with Crippen LogP contribution >= 0.6 is 0 Å². The number of phenols is 1. The molecule has 3 N–H and O–H groups in total. The lowest BCUT2D eigenvalue weighted by Gasteiger charge is -2.19. The normalized spacial score (nSPS) is 13.2. The molecule has 9 heteroatoms. The van der Waals surface area contributed by atoms with Gasteiger partial charge in [-0.25, -0.2) is 0 Å². The first-order valence-electron chi connectivity index (χ1n) is 10.5. The number of aromatic hydroxyl groups is 1. The van der Waals surface area contributed by atoms with Gasteiger partial charge >= 0.3 is 5.97 Å². The molecule has 33 heavy (non-hydrogen) atoms. The summed E-state index contributed by atoms with van der Waals surface area (Å²) in [5, 5.41) is 15.9. The number of aromatic amines is 2. The Hall–Kier alpha value is -3.88. The maximum absolute atomic E-state index is 12.9. The molecule has 0 saturated carbocycles. The van der Waals surface area contributed by atoms with Crippen molar-refractivity contribution < 1.29 is 28.8 Å². The summed E-state index contributed by atoms with van der Waals surface area (Å²) in [6, 6.07) is 9.15. The van der Waals surface area contributed by atoms with Gasteiger partial charge in [-0.1, -0.05) is 12.1 Å². The highest BCUT2D eigenvalue weighted by molar-refractivity contribution is 5.72. The number of H-pyrrole nitrogens is 2. The van der Waals surface area contributed by atoms with Crippen molar-refractivity contribution in [3.8, 4) is 23.0 Å². The molecule has 174 valence electrons. The molecule has 0 radical (unpaired) electrons. The van der Waals surface area contributed by atoms with Crippen LogP contribution in [0.25, 0.3) is 0 Å². The third-order valence-corrected chi connectivity index (χ3v) is 5.88. The van der Waals surface area contributed by atoms with Crippen LogP contribution in [0.15, 0.2) is 35.1 Å². The zero-order valence-corrected chi connectivity index (χ0v) is 18.7. The van der Waals surface area contributed by atoms with Gasteiger partial charge in [-0.2, -0.15) is 0 Å². The second-order valence-corrected chi connectivity index (χ2v) is 7.80. The standard InChI is InChI=1S/C24H26N2O7/c1-30-19-10-15(11-20(31-2)23(19)28)16(12-21(27)32-3)22-17(25-26-24(22)29)9-13-4-5-18-14(8-13)6-7-33-18/h4-5,8,10-11,16,28H,6-7,9,12H2,1-3H3,(H2,25,26,29). The van der Waals surface area contributed by atoms with Crippen molar-refractivity contribution in [1.82, 2.24) is 10.2 Å². The molecule has 0 aliphatic carbocycles. The third-order valence-electron chi connectivity index (χ3n) is 5.88. The van der Waals surface area contributed by atoms with Gasteiger partial charge in [-0.15, -0.1) is 0 Å². The molecule has 0 saturated heterocycles. The first-order valence-corrected chi connectivity index (χ1v) is 10.5. The van der Waals surface area contributed by atoms with Gasteiger partial charge in [-0.05, 0) is 34.9 Å². The van der Waals surface area contributed by atoms with Gasteiger partial charge in [-0.3, -0.25) is 14.7 Å². The van der Waals surface area contributed by atoms with E-state index < -0.39 is 11.9 Å². The Balaban J connectivity index is 1.78. The minimum absolute atomic E-state index is 0.0838. The number of phenolic OH excluding ortho intramolecular Hbond substituents is 1. The van der Waals surface area contributed by atoms with E-state index in [0.29, 0.717) is 29.8 Å². The fourth-order valence-electron chi connectivity index (χ4n) is 4.22. The fourth-order valence-corrected chi connectivity index (χ4v) is 4.22. The number of aromatic nitrogens is 2. The van der Waals surface area contributed by atoms with Crippen molar-refractivity contribution >= 4 is 5.97 Å². The topological polar surface area (TPSA) is 123 Å². The van der Waals surface area contributed by atoms with Crippen molar-refractivity contribution in [2.24, 2.45) is 0 Å². The van der Waals surface area contributed by atoms with Crippen LogP contribution in [0.4, 0.5) is 0 Å². The van der Waals surface area contributed by atoms with Gasteiger partial charge in [0.2, 0.25) is 5.75 Å². The first-order chi connectivity index (χ1) is 15.9. The van der Waals surface area contributed by atoms with Crippen molar-refractivity contribution in [1.29, 1.82) is 0 Å². The molecular weight excluding hydrogens is 428 g/mol. The summed E-state index contributed by atoms with van der Waals surface area (Å²) < 4.78 is 21.0. The molecule has 1 aromatic heterocycles. The summed E-state index contributed by atoms with van der Waals surface area (Å²) in [4.78, 5) is 25.2. The van der Waals surface area contributed by atoms with Crippen LogP contribution in [-0.2, 0) is 22.4 Å². The zero-order chi connectivity index (χ0) is 23.5. The van der Waals surface area contributed by atoms with E-state index in [0.717, 1.165) is 23.3 Å². The highest BCUT2D eigenvalue weighted by Gasteiger charge is 2.28. The smallest absolute Gasteiger partial charge is 0.306 e. The number of rotatable bonds is 8. The van der Waals surface area contributed by atoms with E-state index in [2.05, 4.69) is 16.3 Å². The van der Waals surface area contributed by atoms with E-state index >= 15 is 0 Å². The number of hydrogen-bond acceptors (Lipinski definition) is 7. The number of hydrogen-bond donors (Lipinski definition) is 3.